The molecule has 2 fully saturated rings. The Morgan fingerprint density at radius 2 is 1.74 bits per heavy atom. The Hall–Kier alpha value is -1.06. The summed E-state index contributed by atoms with van der Waals surface area (Å²) in [7, 11) is 0. The fourth-order valence-electron chi connectivity index (χ4n) is 3.18. The molecule has 2 unspecified atom stereocenters. The topological polar surface area (TPSA) is 49.4 Å². The number of piperazine rings is 1. The molecule has 2 rings (SSSR count). The third-order valence-corrected chi connectivity index (χ3v) is 4.76. The first-order valence-corrected chi connectivity index (χ1v) is 7.60. The van der Waals surface area contributed by atoms with Gasteiger partial charge in [0.2, 0.25) is 11.8 Å². The first-order chi connectivity index (χ1) is 9.00. The van der Waals surface area contributed by atoms with Gasteiger partial charge < -0.3 is 10.2 Å². The average molecular weight is 266 g/mol. The number of rotatable bonds is 3. The van der Waals surface area contributed by atoms with Crippen LogP contribution < -0.4 is 5.32 Å². The Morgan fingerprint density at radius 1 is 1.11 bits per heavy atom. The van der Waals surface area contributed by atoms with Gasteiger partial charge in [0.25, 0.3) is 0 Å². The van der Waals surface area contributed by atoms with E-state index in [1.54, 1.807) is 4.90 Å². The molecular formula is C15H26N2O2. The van der Waals surface area contributed by atoms with Gasteiger partial charge in [0, 0.05) is 6.04 Å². The lowest BCUT2D eigenvalue weighted by Crippen LogP contribution is -2.63. The second-order valence-electron chi connectivity index (χ2n) is 6.39. The molecular weight excluding hydrogens is 240 g/mol. The van der Waals surface area contributed by atoms with Crippen molar-refractivity contribution in [3.63, 3.8) is 0 Å². The largest absolute Gasteiger partial charge is 0.342 e. The molecule has 0 aromatic rings. The fraction of sp³-hybridized carbons (Fsp3) is 0.867. The van der Waals surface area contributed by atoms with Crippen molar-refractivity contribution in [1.82, 2.24) is 10.2 Å². The van der Waals surface area contributed by atoms with Crippen LogP contribution in [-0.2, 0) is 9.59 Å². The van der Waals surface area contributed by atoms with Crippen LogP contribution in [0.5, 0.6) is 0 Å². The van der Waals surface area contributed by atoms with Crippen LogP contribution in [0.15, 0.2) is 0 Å². The first-order valence-electron chi connectivity index (χ1n) is 7.60. The van der Waals surface area contributed by atoms with Crippen LogP contribution in [0, 0.1) is 11.8 Å². The lowest BCUT2D eigenvalue weighted by molar-refractivity contribution is -0.149. The van der Waals surface area contributed by atoms with E-state index < -0.39 is 0 Å². The van der Waals surface area contributed by atoms with E-state index in [9.17, 15) is 9.59 Å². The maximum Gasteiger partial charge on any atom is 0.246 e. The summed E-state index contributed by atoms with van der Waals surface area (Å²) in [6.07, 6.45) is 5.77. The van der Waals surface area contributed by atoms with Gasteiger partial charge >= 0.3 is 0 Å². The minimum atomic E-state index is -0.275. The second kappa shape index (κ2) is 5.93. The molecule has 1 aliphatic heterocycles. The molecule has 108 valence electrons. The molecule has 2 atom stereocenters. The van der Waals surface area contributed by atoms with Crippen molar-refractivity contribution in [2.24, 2.45) is 11.8 Å². The molecule has 0 bridgehead atoms. The summed E-state index contributed by atoms with van der Waals surface area (Å²) in [5, 5.41) is 2.93. The molecule has 1 N–H and O–H groups in total. The highest BCUT2D eigenvalue weighted by Crippen LogP contribution is 2.29. The smallest absolute Gasteiger partial charge is 0.246 e. The standard InChI is InChI=1S/C15H26N2O2/c1-10(2)11(3)17-9-13(18)16-14(15(17)19)12-7-5-4-6-8-12/h10-12,14H,4-9H2,1-3H3,(H,16,18). The molecule has 1 heterocycles. The number of carbonyl (C=O) groups excluding carboxylic acids is 2. The summed E-state index contributed by atoms with van der Waals surface area (Å²) in [6.45, 7) is 6.46. The van der Waals surface area contributed by atoms with Gasteiger partial charge in [-0.3, -0.25) is 9.59 Å². The minimum absolute atomic E-state index is 0.00248. The van der Waals surface area contributed by atoms with Gasteiger partial charge in [0.05, 0.1) is 6.54 Å². The number of nitrogens with one attached hydrogen (secondary N) is 1. The number of hydrogen-bond donors (Lipinski definition) is 1. The van der Waals surface area contributed by atoms with Gasteiger partial charge in [-0.1, -0.05) is 33.1 Å². The molecule has 1 saturated carbocycles. The van der Waals surface area contributed by atoms with E-state index >= 15 is 0 Å². The quantitative estimate of drug-likeness (QED) is 0.848. The molecule has 1 aliphatic carbocycles. The van der Waals surface area contributed by atoms with Crippen molar-refractivity contribution in [2.45, 2.75) is 65.0 Å². The van der Waals surface area contributed by atoms with Crippen LogP contribution in [0.4, 0.5) is 0 Å². The molecule has 4 nitrogen and oxygen atoms in total. The van der Waals surface area contributed by atoms with E-state index in [1.165, 1.54) is 19.3 Å². The lowest BCUT2D eigenvalue weighted by Gasteiger charge is -2.41. The van der Waals surface area contributed by atoms with Crippen molar-refractivity contribution in [2.75, 3.05) is 6.54 Å². The SMILES string of the molecule is CC(C)C(C)N1CC(=O)NC(C2CCCCC2)C1=O. The van der Waals surface area contributed by atoms with Gasteiger partial charge in [-0.05, 0) is 31.6 Å². The van der Waals surface area contributed by atoms with E-state index in [-0.39, 0.29) is 30.4 Å². The van der Waals surface area contributed by atoms with Crippen LogP contribution in [0.25, 0.3) is 0 Å². The Bertz CT molecular complexity index is 348. The Morgan fingerprint density at radius 3 is 2.32 bits per heavy atom. The van der Waals surface area contributed by atoms with Crippen molar-refractivity contribution in [1.29, 1.82) is 0 Å². The van der Waals surface area contributed by atoms with Crippen molar-refractivity contribution in [3.05, 3.63) is 0 Å². The summed E-state index contributed by atoms with van der Waals surface area (Å²) in [5.74, 6) is 0.851. The third-order valence-electron chi connectivity index (χ3n) is 4.76. The normalized spacial score (nSPS) is 27.6. The third kappa shape index (κ3) is 3.10. The molecule has 2 amide bonds. The highest BCUT2D eigenvalue weighted by molar-refractivity contribution is 5.95. The van der Waals surface area contributed by atoms with Gasteiger partial charge in [0.15, 0.2) is 0 Å². The molecule has 0 aromatic heterocycles. The lowest BCUT2D eigenvalue weighted by atomic mass is 9.82. The zero-order chi connectivity index (χ0) is 14.0. The molecule has 0 aromatic carbocycles. The van der Waals surface area contributed by atoms with E-state index in [0.717, 1.165) is 12.8 Å². The summed E-state index contributed by atoms with van der Waals surface area (Å²) in [6, 6.07) is -0.146. The highest BCUT2D eigenvalue weighted by Gasteiger charge is 2.40. The number of hydrogen-bond acceptors (Lipinski definition) is 2. The monoisotopic (exact) mass is 266 g/mol. The van der Waals surface area contributed by atoms with Crippen LogP contribution in [0.1, 0.15) is 52.9 Å². The van der Waals surface area contributed by atoms with Crippen LogP contribution in [0.2, 0.25) is 0 Å². The van der Waals surface area contributed by atoms with Gasteiger partial charge in [-0.15, -0.1) is 0 Å². The molecule has 4 heteroatoms. The number of amides is 2. The van der Waals surface area contributed by atoms with Crippen molar-refractivity contribution in [3.8, 4) is 0 Å². The van der Waals surface area contributed by atoms with Gasteiger partial charge in [-0.2, -0.15) is 0 Å². The Labute approximate surface area is 115 Å². The van der Waals surface area contributed by atoms with Gasteiger partial charge in [-0.25, -0.2) is 0 Å². The van der Waals surface area contributed by atoms with E-state index in [2.05, 4.69) is 19.2 Å². The Balaban J connectivity index is 2.11. The molecule has 0 radical (unpaired) electrons. The summed E-state index contributed by atoms with van der Waals surface area (Å²) >= 11 is 0. The maximum absolute atomic E-state index is 12.6. The van der Waals surface area contributed by atoms with Gasteiger partial charge in [0.1, 0.15) is 6.04 Å². The molecule has 2 aliphatic rings. The molecule has 1 saturated heterocycles. The molecule has 0 spiro atoms. The fourth-order valence-corrected chi connectivity index (χ4v) is 3.18. The highest BCUT2D eigenvalue weighted by atomic mass is 16.2. The predicted octanol–water partition coefficient (Wildman–Crippen LogP) is 1.94. The van der Waals surface area contributed by atoms with Crippen LogP contribution in [0.3, 0.4) is 0 Å². The van der Waals surface area contributed by atoms with E-state index in [4.69, 9.17) is 0 Å². The van der Waals surface area contributed by atoms with Crippen molar-refractivity contribution >= 4 is 11.8 Å². The van der Waals surface area contributed by atoms with Crippen molar-refractivity contribution < 1.29 is 9.59 Å². The predicted molar refractivity (Wildman–Crippen MR) is 74.5 cm³/mol. The maximum atomic E-state index is 12.6. The molecule has 19 heavy (non-hydrogen) atoms. The summed E-state index contributed by atoms with van der Waals surface area (Å²) < 4.78 is 0. The van der Waals surface area contributed by atoms with Crippen LogP contribution in [-0.4, -0.2) is 35.3 Å². The van der Waals surface area contributed by atoms with E-state index in [1.807, 2.05) is 6.92 Å². The van der Waals surface area contributed by atoms with E-state index in [0.29, 0.717) is 11.8 Å². The average Bonchev–Trinajstić information content (AvgIpc) is 2.41. The minimum Gasteiger partial charge on any atom is -0.342 e. The second-order valence-corrected chi connectivity index (χ2v) is 6.39. The number of nitrogens with zero attached hydrogens (tertiary/aromatic N) is 1. The Kier molecular flexibility index (Phi) is 4.48. The zero-order valence-corrected chi connectivity index (χ0v) is 12.3. The first kappa shape index (κ1) is 14.4. The van der Waals surface area contributed by atoms with Crippen LogP contribution >= 0.6 is 0 Å². The summed E-state index contributed by atoms with van der Waals surface area (Å²) in [4.78, 5) is 26.3. The number of carbonyl (C=O) groups is 2. The summed E-state index contributed by atoms with van der Waals surface area (Å²) in [5.41, 5.74) is 0. The zero-order valence-electron chi connectivity index (χ0n) is 12.3.